The molecule has 2 amide bonds. The Morgan fingerprint density at radius 3 is 2.42 bits per heavy atom. The van der Waals surface area contributed by atoms with Crippen molar-refractivity contribution in [3.8, 4) is 22.5 Å². The zero-order valence-electron chi connectivity index (χ0n) is 23.6. The van der Waals surface area contributed by atoms with Gasteiger partial charge in [0.1, 0.15) is 17.2 Å². The van der Waals surface area contributed by atoms with Crippen LogP contribution in [0.5, 0.6) is 0 Å². The lowest BCUT2D eigenvalue weighted by molar-refractivity contribution is 0.0941. The van der Waals surface area contributed by atoms with Crippen molar-refractivity contribution in [2.45, 2.75) is 37.6 Å². The maximum absolute atomic E-state index is 13.6. The summed E-state index contributed by atoms with van der Waals surface area (Å²) in [6.07, 6.45) is 4.39. The second-order valence-corrected chi connectivity index (χ2v) is 12.1. The van der Waals surface area contributed by atoms with Gasteiger partial charge >= 0.3 is 0 Å². The van der Waals surface area contributed by atoms with Crippen molar-refractivity contribution >= 4 is 34.4 Å². The van der Waals surface area contributed by atoms with Crippen LogP contribution in [0.1, 0.15) is 57.9 Å². The number of rotatable bonds is 6. The Balaban J connectivity index is 1.15. The van der Waals surface area contributed by atoms with E-state index < -0.39 is 0 Å². The van der Waals surface area contributed by atoms with E-state index in [0.717, 1.165) is 41.8 Å². The van der Waals surface area contributed by atoms with Crippen LogP contribution in [-0.2, 0) is 0 Å². The van der Waals surface area contributed by atoms with E-state index in [9.17, 15) is 14.0 Å². The molecule has 2 saturated carbocycles. The molecule has 2 unspecified atom stereocenters. The number of furan rings is 1. The molecule has 43 heavy (non-hydrogen) atoms. The van der Waals surface area contributed by atoms with Gasteiger partial charge in [0.25, 0.3) is 11.8 Å². The zero-order valence-corrected chi connectivity index (χ0v) is 24.4. The van der Waals surface area contributed by atoms with E-state index in [0.29, 0.717) is 39.3 Å². The fourth-order valence-electron chi connectivity index (χ4n) is 6.98. The van der Waals surface area contributed by atoms with Gasteiger partial charge in [0, 0.05) is 34.6 Å². The van der Waals surface area contributed by atoms with Crippen molar-refractivity contribution in [1.29, 1.82) is 0 Å². The Bertz CT molecular complexity index is 1860. The summed E-state index contributed by atoms with van der Waals surface area (Å²) in [5.41, 5.74) is 5.24. The molecule has 1 aromatic heterocycles. The molecular weight excluding hydrogens is 563 g/mol. The van der Waals surface area contributed by atoms with E-state index in [-0.39, 0.29) is 29.1 Å². The average Bonchev–Trinajstić information content (AvgIpc) is 3.34. The molecule has 4 aromatic carbocycles. The van der Waals surface area contributed by atoms with Crippen LogP contribution in [0.4, 0.5) is 4.39 Å². The largest absolute Gasteiger partial charge is 0.455 e. The number of hydrogen-bond donors (Lipinski definition) is 2. The lowest BCUT2D eigenvalue weighted by Gasteiger charge is -2.21. The van der Waals surface area contributed by atoms with Crippen molar-refractivity contribution in [3.05, 3.63) is 119 Å². The molecule has 2 aliphatic carbocycles. The third-order valence-electron chi connectivity index (χ3n) is 9.23. The van der Waals surface area contributed by atoms with Gasteiger partial charge in [-0.3, -0.25) is 9.59 Å². The van der Waals surface area contributed by atoms with Crippen LogP contribution in [-0.4, -0.2) is 24.9 Å². The van der Waals surface area contributed by atoms with Crippen molar-refractivity contribution in [2.24, 2.45) is 5.41 Å². The molecule has 5 aromatic rings. The number of halogens is 2. The topological polar surface area (TPSA) is 71.3 Å². The van der Waals surface area contributed by atoms with E-state index >= 15 is 0 Å². The second kappa shape index (κ2) is 10.7. The molecule has 216 valence electrons. The van der Waals surface area contributed by atoms with Crippen LogP contribution in [0.3, 0.4) is 0 Å². The van der Waals surface area contributed by atoms with Gasteiger partial charge in [-0.25, -0.2) is 4.39 Å². The first-order valence-electron chi connectivity index (χ1n) is 14.6. The summed E-state index contributed by atoms with van der Waals surface area (Å²) < 4.78 is 19.7. The number of carbonyl (C=O) groups excluding carboxylic acids is 2. The highest BCUT2D eigenvalue weighted by Gasteiger charge is 2.61. The Morgan fingerprint density at radius 1 is 0.907 bits per heavy atom. The highest BCUT2D eigenvalue weighted by molar-refractivity contribution is 6.30. The zero-order chi connectivity index (χ0) is 29.7. The molecule has 2 aliphatic rings. The highest BCUT2D eigenvalue weighted by atomic mass is 35.5. The first kappa shape index (κ1) is 27.4. The Morgan fingerprint density at radius 2 is 1.65 bits per heavy atom. The molecule has 0 saturated heterocycles. The molecule has 3 atom stereocenters. The van der Waals surface area contributed by atoms with Crippen LogP contribution >= 0.6 is 11.6 Å². The minimum atomic E-state index is -0.367. The maximum Gasteiger partial charge on any atom is 0.255 e. The van der Waals surface area contributed by atoms with Gasteiger partial charge in [0.15, 0.2) is 0 Å². The molecule has 1 heterocycles. The third kappa shape index (κ3) is 4.90. The van der Waals surface area contributed by atoms with Gasteiger partial charge in [-0.15, -0.1) is 0 Å². The third-order valence-corrected chi connectivity index (χ3v) is 9.48. The molecule has 2 N–H and O–H groups in total. The Labute approximate surface area is 254 Å². The van der Waals surface area contributed by atoms with E-state index in [4.69, 9.17) is 16.0 Å². The predicted molar refractivity (Wildman–Crippen MR) is 167 cm³/mol. The summed E-state index contributed by atoms with van der Waals surface area (Å²) in [5, 5.41) is 7.39. The summed E-state index contributed by atoms with van der Waals surface area (Å²) >= 11 is 6.12. The quantitative estimate of drug-likeness (QED) is 0.208. The van der Waals surface area contributed by atoms with Crippen LogP contribution in [0, 0.1) is 11.2 Å². The number of hydrogen-bond acceptors (Lipinski definition) is 3. The minimum absolute atomic E-state index is 0.0838. The predicted octanol–water partition coefficient (Wildman–Crippen LogP) is 8.38. The van der Waals surface area contributed by atoms with Gasteiger partial charge in [0.05, 0.1) is 5.56 Å². The second-order valence-electron chi connectivity index (χ2n) is 11.6. The molecule has 7 heteroatoms. The van der Waals surface area contributed by atoms with Crippen molar-refractivity contribution in [1.82, 2.24) is 10.6 Å². The fraction of sp³-hybridized carbons (Fsp3) is 0.222. The molecule has 0 aliphatic heterocycles. The van der Waals surface area contributed by atoms with Crippen molar-refractivity contribution in [3.63, 3.8) is 0 Å². The molecule has 0 bridgehead atoms. The maximum atomic E-state index is 13.6. The first-order valence-corrected chi connectivity index (χ1v) is 15.0. The monoisotopic (exact) mass is 592 g/mol. The smallest absolute Gasteiger partial charge is 0.255 e. The summed E-state index contributed by atoms with van der Waals surface area (Å²) in [7, 11) is 1.56. The van der Waals surface area contributed by atoms with Crippen LogP contribution in [0.25, 0.3) is 33.4 Å². The molecule has 0 radical (unpaired) electrons. The number of fused-ring (bicyclic) bond motifs is 1. The van der Waals surface area contributed by atoms with E-state index in [1.54, 1.807) is 19.2 Å². The summed E-state index contributed by atoms with van der Waals surface area (Å²) in [4.78, 5) is 26.4. The molecular formula is C36H30ClFN2O3. The lowest BCUT2D eigenvalue weighted by Crippen LogP contribution is -2.30. The van der Waals surface area contributed by atoms with E-state index in [2.05, 4.69) is 22.8 Å². The number of amides is 2. The lowest BCUT2D eigenvalue weighted by atomic mass is 9.85. The molecule has 5 nitrogen and oxygen atoms in total. The van der Waals surface area contributed by atoms with Crippen molar-refractivity contribution < 1.29 is 18.4 Å². The van der Waals surface area contributed by atoms with Gasteiger partial charge in [-0.05, 0) is 108 Å². The van der Waals surface area contributed by atoms with E-state index in [1.807, 2.05) is 54.6 Å². The number of nitrogens with one attached hydrogen (secondary N) is 2. The summed E-state index contributed by atoms with van der Waals surface area (Å²) in [5.74, 6) is 0.0540. The van der Waals surface area contributed by atoms with Gasteiger partial charge < -0.3 is 15.1 Å². The Hall–Kier alpha value is -4.42. The summed E-state index contributed by atoms with van der Waals surface area (Å²) in [6.45, 7) is 0. The molecule has 7 rings (SSSR count). The standard InChI is InChI=1S/C36H30ClFN2O3/c1-39-35(42)32-28-19-24(11-16-30(28)43-33(32)22-9-14-27(38)15-10-22)23-4-2-5-25(18-23)34(41)40-31-20-36(31)17-3-6-29(36)21-7-12-26(37)13-8-21/h2,4-5,7-16,18-19,29,31H,3,6,17,20H2,1H3,(H,39,42)(H,40,41)/t29-,31?,36?/m0/s1. The first-order chi connectivity index (χ1) is 20.9. The van der Waals surface area contributed by atoms with Crippen LogP contribution in [0.15, 0.2) is 95.4 Å². The minimum Gasteiger partial charge on any atom is -0.455 e. The summed E-state index contributed by atoms with van der Waals surface area (Å²) in [6, 6.07) is 27.3. The number of benzene rings is 4. The SMILES string of the molecule is CNC(=O)c1c(-c2ccc(F)cc2)oc2ccc(-c3cccc(C(=O)NC4CC45CCC[C@H]5c4ccc(Cl)cc4)c3)cc12. The van der Waals surface area contributed by atoms with Gasteiger partial charge in [0.2, 0.25) is 0 Å². The van der Waals surface area contributed by atoms with Crippen LogP contribution < -0.4 is 10.6 Å². The fourth-order valence-corrected chi connectivity index (χ4v) is 7.11. The van der Waals surface area contributed by atoms with Crippen molar-refractivity contribution in [2.75, 3.05) is 7.05 Å². The molecule has 1 spiro atoms. The average molecular weight is 593 g/mol. The number of carbonyl (C=O) groups is 2. The molecule has 2 fully saturated rings. The highest BCUT2D eigenvalue weighted by Crippen LogP contribution is 2.65. The van der Waals surface area contributed by atoms with Crippen LogP contribution in [0.2, 0.25) is 5.02 Å². The van der Waals surface area contributed by atoms with E-state index in [1.165, 1.54) is 17.7 Å². The van der Waals surface area contributed by atoms with Gasteiger partial charge in [-0.2, -0.15) is 0 Å². The normalized spacial score (nSPS) is 20.8. The van der Waals surface area contributed by atoms with Gasteiger partial charge in [-0.1, -0.05) is 48.4 Å². The Kier molecular flexibility index (Phi) is 6.82.